The molecule has 104 valence electrons. The summed E-state index contributed by atoms with van der Waals surface area (Å²) in [5, 5.41) is 0. The molecule has 0 N–H and O–H groups in total. The average molecular weight is 280 g/mol. The summed E-state index contributed by atoms with van der Waals surface area (Å²) in [5.41, 5.74) is 2.93. The zero-order chi connectivity index (χ0) is 14.0. The molecule has 0 saturated carbocycles. The van der Waals surface area contributed by atoms with Gasteiger partial charge in [0.1, 0.15) is 11.3 Å². The van der Waals surface area contributed by atoms with E-state index in [1.807, 2.05) is 19.1 Å². The van der Waals surface area contributed by atoms with Gasteiger partial charge >= 0.3 is 0 Å². The van der Waals surface area contributed by atoms with E-state index in [1.165, 1.54) is 6.42 Å². The van der Waals surface area contributed by atoms with Crippen molar-refractivity contribution < 1.29 is 0 Å². The number of alkyl halides is 1. The summed E-state index contributed by atoms with van der Waals surface area (Å²) in [7, 11) is 0. The second-order valence-corrected chi connectivity index (χ2v) is 5.69. The summed E-state index contributed by atoms with van der Waals surface area (Å²) < 4.78 is 2.21. The molecule has 0 aliphatic heterocycles. The molecule has 0 aliphatic rings. The molecule has 19 heavy (non-hydrogen) atoms. The van der Waals surface area contributed by atoms with Gasteiger partial charge in [-0.3, -0.25) is 0 Å². The quantitative estimate of drug-likeness (QED) is 0.756. The van der Waals surface area contributed by atoms with E-state index in [0.29, 0.717) is 17.8 Å². The van der Waals surface area contributed by atoms with Crippen LogP contribution in [0.1, 0.15) is 51.2 Å². The summed E-state index contributed by atoms with van der Waals surface area (Å²) >= 11 is 6.05. The van der Waals surface area contributed by atoms with Crippen LogP contribution in [0.15, 0.2) is 12.1 Å². The van der Waals surface area contributed by atoms with Crippen molar-refractivity contribution in [2.75, 3.05) is 0 Å². The molecule has 0 amide bonds. The van der Waals surface area contributed by atoms with Gasteiger partial charge in [0.05, 0.1) is 5.88 Å². The summed E-state index contributed by atoms with van der Waals surface area (Å²) in [6, 6.07) is 4.40. The van der Waals surface area contributed by atoms with Gasteiger partial charge in [0.15, 0.2) is 5.65 Å². The molecule has 0 aromatic carbocycles. The van der Waals surface area contributed by atoms with Crippen LogP contribution in [0.3, 0.4) is 0 Å². The second kappa shape index (κ2) is 5.91. The maximum atomic E-state index is 6.05. The fraction of sp³-hybridized carbons (Fsp3) is 0.600. The SMILES string of the molecule is CCC(C)CC(C)n1c(CCl)nc2ccc(C)nc21. The molecule has 2 aromatic heterocycles. The molecular weight excluding hydrogens is 258 g/mol. The van der Waals surface area contributed by atoms with Crippen LogP contribution in [0.25, 0.3) is 11.2 Å². The predicted molar refractivity (Wildman–Crippen MR) is 80.6 cm³/mol. The number of nitrogens with zero attached hydrogens (tertiary/aromatic N) is 3. The first-order valence-electron chi connectivity index (χ1n) is 6.97. The molecule has 0 bridgehead atoms. The topological polar surface area (TPSA) is 30.7 Å². The standard InChI is InChI=1S/C15H22ClN3/c1-5-10(2)8-12(4)19-14(9-16)18-13-7-6-11(3)17-15(13)19/h6-7,10,12H,5,8-9H2,1-4H3. The van der Waals surface area contributed by atoms with Gasteiger partial charge < -0.3 is 4.57 Å². The van der Waals surface area contributed by atoms with Gasteiger partial charge in [0.25, 0.3) is 0 Å². The number of fused-ring (bicyclic) bond motifs is 1. The molecule has 0 saturated heterocycles. The number of hydrogen-bond acceptors (Lipinski definition) is 2. The van der Waals surface area contributed by atoms with E-state index in [1.54, 1.807) is 0 Å². The maximum Gasteiger partial charge on any atom is 0.160 e. The first-order chi connectivity index (χ1) is 9.06. The number of rotatable bonds is 5. The lowest BCUT2D eigenvalue weighted by Crippen LogP contribution is -2.12. The van der Waals surface area contributed by atoms with Crippen LogP contribution in [-0.4, -0.2) is 14.5 Å². The lowest BCUT2D eigenvalue weighted by atomic mass is 10.0. The molecule has 2 atom stereocenters. The van der Waals surface area contributed by atoms with Crippen molar-refractivity contribution in [3.63, 3.8) is 0 Å². The molecule has 2 unspecified atom stereocenters. The van der Waals surface area contributed by atoms with E-state index in [0.717, 1.165) is 29.1 Å². The van der Waals surface area contributed by atoms with E-state index in [-0.39, 0.29) is 0 Å². The Morgan fingerprint density at radius 1 is 1.26 bits per heavy atom. The highest BCUT2D eigenvalue weighted by molar-refractivity contribution is 6.16. The van der Waals surface area contributed by atoms with Crippen LogP contribution in [-0.2, 0) is 5.88 Å². The Kier molecular flexibility index (Phi) is 4.46. The third-order valence-corrected chi connectivity index (χ3v) is 3.99. The Labute approximate surface area is 120 Å². The van der Waals surface area contributed by atoms with E-state index in [4.69, 9.17) is 11.6 Å². The van der Waals surface area contributed by atoms with Crippen LogP contribution < -0.4 is 0 Å². The molecule has 2 rings (SSSR count). The third kappa shape index (κ3) is 2.92. The Bertz CT molecular complexity index is 562. The van der Waals surface area contributed by atoms with Crippen molar-refractivity contribution in [3.8, 4) is 0 Å². The minimum Gasteiger partial charge on any atom is -0.309 e. The molecule has 2 aromatic rings. The predicted octanol–water partition coefficient (Wildman–Crippen LogP) is 4.48. The van der Waals surface area contributed by atoms with Crippen molar-refractivity contribution in [2.24, 2.45) is 5.92 Å². The van der Waals surface area contributed by atoms with Crippen LogP contribution in [0, 0.1) is 12.8 Å². The largest absolute Gasteiger partial charge is 0.309 e. The summed E-state index contributed by atoms with van der Waals surface area (Å²) in [6.07, 6.45) is 2.32. The maximum absolute atomic E-state index is 6.05. The van der Waals surface area contributed by atoms with Gasteiger partial charge in [0, 0.05) is 11.7 Å². The molecule has 4 heteroatoms. The molecule has 0 aliphatic carbocycles. The Hall–Kier alpha value is -1.09. The van der Waals surface area contributed by atoms with Gasteiger partial charge in [-0.2, -0.15) is 0 Å². The lowest BCUT2D eigenvalue weighted by Gasteiger charge is -2.19. The zero-order valence-corrected chi connectivity index (χ0v) is 12.9. The number of imidazole rings is 1. The minimum atomic E-state index is 0.378. The first kappa shape index (κ1) is 14.3. The Morgan fingerprint density at radius 3 is 2.63 bits per heavy atom. The zero-order valence-electron chi connectivity index (χ0n) is 12.2. The third-order valence-electron chi connectivity index (χ3n) is 3.75. The van der Waals surface area contributed by atoms with Crippen LogP contribution >= 0.6 is 11.6 Å². The number of halogens is 1. The normalized spacial score (nSPS) is 14.8. The Balaban J connectivity index is 2.47. The fourth-order valence-corrected chi connectivity index (χ4v) is 2.72. The van der Waals surface area contributed by atoms with Gasteiger partial charge in [0.2, 0.25) is 0 Å². The van der Waals surface area contributed by atoms with Crippen molar-refractivity contribution in [1.82, 2.24) is 14.5 Å². The monoisotopic (exact) mass is 279 g/mol. The number of hydrogen-bond donors (Lipinski definition) is 0. The molecule has 0 fully saturated rings. The van der Waals surface area contributed by atoms with Crippen molar-refractivity contribution in [3.05, 3.63) is 23.7 Å². The highest BCUT2D eigenvalue weighted by Gasteiger charge is 2.18. The van der Waals surface area contributed by atoms with E-state index < -0.39 is 0 Å². The average Bonchev–Trinajstić information content (AvgIpc) is 2.76. The number of aryl methyl sites for hydroxylation is 1. The van der Waals surface area contributed by atoms with Crippen LogP contribution in [0.5, 0.6) is 0 Å². The fourth-order valence-electron chi connectivity index (χ4n) is 2.53. The van der Waals surface area contributed by atoms with Gasteiger partial charge in [-0.05, 0) is 38.3 Å². The van der Waals surface area contributed by atoms with Crippen LogP contribution in [0.2, 0.25) is 0 Å². The second-order valence-electron chi connectivity index (χ2n) is 5.43. The molecule has 0 spiro atoms. The van der Waals surface area contributed by atoms with Gasteiger partial charge in [-0.15, -0.1) is 11.6 Å². The van der Waals surface area contributed by atoms with Gasteiger partial charge in [-0.25, -0.2) is 9.97 Å². The highest BCUT2D eigenvalue weighted by atomic mass is 35.5. The molecule has 2 heterocycles. The van der Waals surface area contributed by atoms with Gasteiger partial charge in [-0.1, -0.05) is 20.3 Å². The van der Waals surface area contributed by atoms with Crippen LogP contribution in [0.4, 0.5) is 0 Å². The smallest absolute Gasteiger partial charge is 0.160 e. The van der Waals surface area contributed by atoms with Crippen molar-refractivity contribution in [2.45, 2.75) is 52.5 Å². The summed E-state index contributed by atoms with van der Waals surface area (Å²) in [6.45, 7) is 8.76. The minimum absolute atomic E-state index is 0.378. The molecule has 3 nitrogen and oxygen atoms in total. The molecule has 0 radical (unpaired) electrons. The summed E-state index contributed by atoms with van der Waals surface area (Å²) in [4.78, 5) is 9.24. The summed E-state index contributed by atoms with van der Waals surface area (Å²) in [5.74, 6) is 2.05. The Morgan fingerprint density at radius 2 is 2.00 bits per heavy atom. The van der Waals surface area contributed by atoms with Crippen molar-refractivity contribution in [1.29, 1.82) is 0 Å². The number of pyridine rings is 1. The highest BCUT2D eigenvalue weighted by Crippen LogP contribution is 2.26. The molecular formula is C15H22ClN3. The lowest BCUT2D eigenvalue weighted by molar-refractivity contribution is 0.398. The van der Waals surface area contributed by atoms with E-state index in [2.05, 4.69) is 35.3 Å². The van der Waals surface area contributed by atoms with E-state index in [9.17, 15) is 0 Å². The number of aromatic nitrogens is 3. The van der Waals surface area contributed by atoms with Crippen molar-refractivity contribution >= 4 is 22.8 Å². The van der Waals surface area contributed by atoms with E-state index >= 15 is 0 Å². The first-order valence-corrected chi connectivity index (χ1v) is 7.50.